The van der Waals surface area contributed by atoms with Crippen molar-refractivity contribution in [3.8, 4) is 0 Å². The molecule has 1 aromatic rings. The minimum Gasteiger partial charge on any atom is -0.352 e. The zero-order valence-corrected chi connectivity index (χ0v) is 12.1. The number of hydrogen-bond acceptors (Lipinski definition) is 2. The Kier molecular flexibility index (Phi) is 4.06. The molecule has 17 heavy (non-hydrogen) atoms. The molecular weight excluding hydrogens is 279 g/mol. The quantitative estimate of drug-likeness (QED) is 0.700. The summed E-state index contributed by atoms with van der Waals surface area (Å²) in [6, 6.07) is 2.09. The van der Waals surface area contributed by atoms with Crippen molar-refractivity contribution in [2.75, 3.05) is 11.4 Å². The highest BCUT2D eigenvalue weighted by molar-refractivity contribution is 6.42. The Balaban J connectivity index is 2.36. The maximum absolute atomic E-state index is 6.20. The van der Waals surface area contributed by atoms with E-state index in [0.29, 0.717) is 27.2 Å². The summed E-state index contributed by atoms with van der Waals surface area (Å²) in [5.41, 5.74) is 0. The van der Waals surface area contributed by atoms with Crippen LogP contribution >= 0.6 is 34.8 Å². The topological polar surface area (TPSA) is 16.1 Å². The molecule has 2 unspecified atom stereocenters. The standard InChI is InChI=1S/C12H15Cl3N2/c1-7-4-3-5-17(8(7)2)12-10(14)6-9(13)11(15)16-12/h6-8H,3-5H2,1-2H3. The lowest BCUT2D eigenvalue weighted by atomic mass is 9.92. The zero-order chi connectivity index (χ0) is 12.6. The number of piperidine rings is 1. The van der Waals surface area contributed by atoms with Crippen LogP contribution in [0.2, 0.25) is 15.2 Å². The monoisotopic (exact) mass is 292 g/mol. The number of aromatic nitrogens is 1. The van der Waals surface area contributed by atoms with Crippen LogP contribution in [-0.4, -0.2) is 17.6 Å². The van der Waals surface area contributed by atoms with E-state index in [0.717, 1.165) is 18.8 Å². The predicted octanol–water partition coefficient (Wildman–Crippen LogP) is 4.67. The van der Waals surface area contributed by atoms with E-state index in [1.165, 1.54) is 6.42 Å². The van der Waals surface area contributed by atoms with Crippen molar-refractivity contribution < 1.29 is 0 Å². The average Bonchev–Trinajstić information content (AvgIpc) is 2.28. The van der Waals surface area contributed by atoms with Gasteiger partial charge in [0.05, 0.1) is 10.0 Å². The van der Waals surface area contributed by atoms with Gasteiger partial charge >= 0.3 is 0 Å². The summed E-state index contributed by atoms with van der Waals surface area (Å²) in [4.78, 5) is 6.53. The van der Waals surface area contributed by atoms with Gasteiger partial charge in [0.15, 0.2) is 0 Å². The van der Waals surface area contributed by atoms with Crippen molar-refractivity contribution >= 4 is 40.6 Å². The molecule has 1 saturated heterocycles. The first kappa shape index (κ1) is 13.3. The number of anilines is 1. The van der Waals surface area contributed by atoms with Gasteiger partial charge in [0.2, 0.25) is 0 Å². The van der Waals surface area contributed by atoms with E-state index in [1.54, 1.807) is 6.07 Å². The third-order valence-corrected chi connectivity index (χ3v) is 4.46. The van der Waals surface area contributed by atoms with Gasteiger partial charge in [0.25, 0.3) is 0 Å². The Hall–Kier alpha value is -0.180. The molecule has 5 heteroatoms. The molecule has 1 fully saturated rings. The molecule has 0 saturated carbocycles. The fourth-order valence-electron chi connectivity index (χ4n) is 2.27. The SMILES string of the molecule is CC1CCCN(c2nc(Cl)c(Cl)cc2Cl)C1C. The zero-order valence-electron chi connectivity index (χ0n) is 9.88. The van der Waals surface area contributed by atoms with E-state index >= 15 is 0 Å². The Labute approximate surface area is 117 Å². The molecule has 0 aliphatic carbocycles. The molecule has 0 bridgehead atoms. The van der Waals surface area contributed by atoms with Crippen molar-refractivity contribution in [3.63, 3.8) is 0 Å². The molecular formula is C12H15Cl3N2. The second kappa shape index (κ2) is 5.21. The van der Waals surface area contributed by atoms with Crippen LogP contribution in [0.5, 0.6) is 0 Å². The summed E-state index contributed by atoms with van der Waals surface area (Å²) < 4.78 is 0. The molecule has 2 atom stereocenters. The molecule has 2 heterocycles. The molecule has 0 spiro atoms. The molecule has 1 aliphatic rings. The number of pyridine rings is 1. The second-order valence-corrected chi connectivity index (χ2v) is 5.79. The molecule has 2 rings (SSSR count). The number of hydrogen-bond donors (Lipinski definition) is 0. The van der Waals surface area contributed by atoms with Gasteiger partial charge < -0.3 is 4.90 Å². The van der Waals surface area contributed by atoms with Gasteiger partial charge in [0, 0.05) is 12.6 Å². The van der Waals surface area contributed by atoms with Gasteiger partial charge in [0.1, 0.15) is 11.0 Å². The van der Waals surface area contributed by atoms with E-state index in [1.807, 2.05) is 0 Å². The molecule has 2 nitrogen and oxygen atoms in total. The van der Waals surface area contributed by atoms with Crippen molar-refractivity contribution in [2.45, 2.75) is 32.7 Å². The van der Waals surface area contributed by atoms with E-state index in [4.69, 9.17) is 34.8 Å². The minimum atomic E-state index is 0.316. The highest BCUT2D eigenvalue weighted by Crippen LogP contribution is 2.35. The van der Waals surface area contributed by atoms with Crippen LogP contribution in [0, 0.1) is 5.92 Å². The van der Waals surface area contributed by atoms with Crippen molar-refractivity contribution in [1.82, 2.24) is 4.98 Å². The van der Waals surface area contributed by atoms with Crippen molar-refractivity contribution in [2.24, 2.45) is 5.92 Å². The highest BCUT2D eigenvalue weighted by Gasteiger charge is 2.27. The summed E-state index contributed by atoms with van der Waals surface area (Å²) in [7, 11) is 0. The summed E-state index contributed by atoms with van der Waals surface area (Å²) in [5, 5.41) is 1.29. The van der Waals surface area contributed by atoms with E-state index in [2.05, 4.69) is 23.7 Å². The lowest BCUT2D eigenvalue weighted by Gasteiger charge is -2.39. The van der Waals surface area contributed by atoms with Crippen LogP contribution in [0.3, 0.4) is 0 Å². The first-order valence-electron chi connectivity index (χ1n) is 5.79. The fraction of sp³-hybridized carbons (Fsp3) is 0.583. The van der Waals surface area contributed by atoms with Crippen LogP contribution < -0.4 is 4.90 Å². The molecule has 1 aliphatic heterocycles. The maximum atomic E-state index is 6.20. The highest BCUT2D eigenvalue weighted by atomic mass is 35.5. The summed E-state index contributed by atoms with van der Waals surface area (Å²) >= 11 is 18.1. The van der Waals surface area contributed by atoms with Crippen LogP contribution in [0.4, 0.5) is 5.82 Å². The average molecular weight is 294 g/mol. The summed E-state index contributed by atoms with van der Waals surface area (Å²) in [5.74, 6) is 1.39. The Morgan fingerprint density at radius 2 is 1.94 bits per heavy atom. The first-order valence-corrected chi connectivity index (χ1v) is 6.92. The third-order valence-electron chi connectivity index (χ3n) is 3.51. The molecule has 0 radical (unpaired) electrons. The Morgan fingerprint density at radius 3 is 2.65 bits per heavy atom. The molecule has 0 aromatic carbocycles. The van der Waals surface area contributed by atoms with E-state index in [-0.39, 0.29) is 0 Å². The number of nitrogens with zero attached hydrogens (tertiary/aromatic N) is 2. The van der Waals surface area contributed by atoms with E-state index < -0.39 is 0 Å². The second-order valence-electron chi connectivity index (χ2n) is 4.62. The van der Waals surface area contributed by atoms with Crippen LogP contribution in [0.1, 0.15) is 26.7 Å². The maximum Gasteiger partial charge on any atom is 0.150 e. The predicted molar refractivity (Wildman–Crippen MR) is 74.5 cm³/mol. The summed E-state index contributed by atoms with van der Waals surface area (Å²) in [6.07, 6.45) is 2.40. The van der Waals surface area contributed by atoms with Crippen molar-refractivity contribution in [3.05, 3.63) is 21.3 Å². The smallest absolute Gasteiger partial charge is 0.150 e. The largest absolute Gasteiger partial charge is 0.352 e. The fourth-order valence-corrected chi connectivity index (χ4v) is 2.87. The third kappa shape index (κ3) is 2.64. The number of rotatable bonds is 1. The van der Waals surface area contributed by atoms with Gasteiger partial charge in [-0.1, -0.05) is 41.7 Å². The summed E-state index contributed by atoms with van der Waals surface area (Å²) in [6.45, 7) is 5.42. The Morgan fingerprint density at radius 1 is 1.24 bits per heavy atom. The van der Waals surface area contributed by atoms with Gasteiger partial charge in [-0.2, -0.15) is 0 Å². The lowest BCUT2D eigenvalue weighted by molar-refractivity contribution is 0.361. The minimum absolute atomic E-state index is 0.316. The molecule has 0 amide bonds. The van der Waals surface area contributed by atoms with Gasteiger partial charge in [-0.15, -0.1) is 0 Å². The number of halogens is 3. The lowest BCUT2D eigenvalue weighted by Crippen LogP contribution is -2.43. The molecule has 0 N–H and O–H groups in total. The van der Waals surface area contributed by atoms with Gasteiger partial charge in [-0.25, -0.2) is 4.98 Å². The van der Waals surface area contributed by atoms with Crippen LogP contribution in [0.15, 0.2) is 6.07 Å². The first-order chi connectivity index (χ1) is 8.00. The van der Waals surface area contributed by atoms with Crippen LogP contribution in [0.25, 0.3) is 0 Å². The van der Waals surface area contributed by atoms with Crippen LogP contribution in [-0.2, 0) is 0 Å². The van der Waals surface area contributed by atoms with E-state index in [9.17, 15) is 0 Å². The normalized spacial score (nSPS) is 25.1. The Bertz CT molecular complexity index is 422. The molecule has 94 valence electrons. The van der Waals surface area contributed by atoms with Crippen molar-refractivity contribution in [1.29, 1.82) is 0 Å². The van der Waals surface area contributed by atoms with Gasteiger partial charge in [-0.3, -0.25) is 0 Å². The molecule has 1 aromatic heterocycles. The van der Waals surface area contributed by atoms with Gasteiger partial charge in [-0.05, 0) is 31.7 Å².